The van der Waals surface area contributed by atoms with E-state index >= 15 is 0 Å². The zero-order valence-corrected chi connectivity index (χ0v) is 13.0. The molecule has 0 radical (unpaired) electrons. The maximum Gasteiger partial charge on any atom is 0.335 e. The van der Waals surface area contributed by atoms with E-state index in [1.807, 2.05) is 6.07 Å². The Labute approximate surface area is 134 Å². The molecule has 3 rings (SSSR count). The lowest BCUT2D eigenvalue weighted by Gasteiger charge is -2.36. The summed E-state index contributed by atoms with van der Waals surface area (Å²) in [4.78, 5) is 15.7. The fourth-order valence-electron chi connectivity index (χ4n) is 2.90. The molecule has 1 aliphatic heterocycles. The summed E-state index contributed by atoms with van der Waals surface area (Å²) in [6.45, 7) is 1.93. The van der Waals surface area contributed by atoms with Gasteiger partial charge in [-0.2, -0.15) is 0 Å². The molecule has 1 aromatic heterocycles. The number of benzene rings is 1. The quantitative estimate of drug-likeness (QED) is 0.882. The van der Waals surface area contributed by atoms with E-state index in [1.165, 1.54) is 0 Å². The van der Waals surface area contributed by atoms with Gasteiger partial charge < -0.3 is 19.9 Å². The molecular formula is C17H20N2O4. The maximum absolute atomic E-state index is 11.3. The van der Waals surface area contributed by atoms with Crippen molar-refractivity contribution in [1.82, 2.24) is 4.98 Å². The number of carboxylic acid groups (broad SMARTS) is 1. The zero-order valence-electron chi connectivity index (χ0n) is 13.0. The molecule has 23 heavy (non-hydrogen) atoms. The number of ether oxygens (including phenoxy) is 2. The Kier molecular flexibility index (Phi) is 4.45. The number of methoxy groups -OCH3 is 1. The topological polar surface area (TPSA) is 80.7 Å². The molecule has 6 heteroatoms. The molecule has 0 saturated carbocycles. The number of carboxylic acids is 1. The van der Waals surface area contributed by atoms with Crippen molar-refractivity contribution in [2.24, 2.45) is 0 Å². The van der Waals surface area contributed by atoms with Gasteiger partial charge in [-0.3, -0.25) is 4.98 Å². The van der Waals surface area contributed by atoms with Gasteiger partial charge in [-0.1, -0.05) is 6.07 Å². The molecule has 0 amide bonds. The number of carbonyl (C=O) groups is 1. The van der Waals surface area contributed by atoms with Crippen LogP contribution in [0.2, 0.25) is 0 Å². The molecule has 122 valence electrons. The summed E-state index contributed by atoms with van der Waals surface area (Å²) in [7, 11) is 1.71. The predicted molar refractivity (Wildman–Crippen MR) is 87.0 cm³/mol. The molecule has 2 aromatic rings. The third-order valence-corrected chi connectivity index (χ3v) is 4.39. The molecule has 6 nitrogen and oxygen atoms in total. The van der Waals surface area contributed by atoms with Crippen molar-refractivity contribution in [2.45, 2.75) is 18.4 Å². The second kappa shape index (κ2) is 6.52. The van der Waals surface area contributed by atoms with Crippen LogP contribution in [0.5, 0.6) is 0 Å². The van der Waals surface area contributed by atoms with Crippen LogP contribution in [0.4, 0.5) is 5.69 Å². The Morgan fingerprint density at radius 2 is 2.22 bits per heavy atom. The van der Waals surface area contributed by atoms with Gasteiger partial charge in [-0.25, -0.2) is 4.79 Å². The highest BCUT2D eigenvalue weighted by Gasteiger charge is 2.32. The second-order valence-corrected chi connectivity index (χ2v) is 5.76. The summed E-state index contributed by atoms with van der Waals surface area (Å²) in [5.74, 6) is -0.952. The van der Waals surface area contributed by atoms with Gasteiger partial charge in [0.1, 0.15) is 0 Å². The van der Waals surface area contributed by atoms with Crippen LogP contribution in [0, 0.1) is 0 Å². The van der Waals surface area contributed by atoms with Gasteiger partial charge in [-0.15, -0.1) is 0 Å². The van der Waals surface area contributed by atoms with E-state index in [9.17, 15) is 9.90 Å². The first-order valence-electron chi connectivity index (χ1n) is 7.62. The van der Waals surface area contributed by atoms with Gasteiger partial charge in [0.05, 0.1) is 22.4 Å². The van der Waals surface area contributed by atoms with Crippen molar-refractivity contribution in [3.63, 3.8) is 0 Å². The minimum absolute atomic E-state index is 0.242. The van der Waals surface area contributed by atoms with E-state index in [1.54, 1.807) is 31.5 Å². The highest BCUT2D eigenvalue weighted by molar-refractivity contribution is 5.99. The van der Waals surface area contributed by atoms with Crippen molar-refractivity contribution in [3.05, 3.63) is 36.0 Å². The van der Waals surface area contributed by atoms with Crippen LogP contribution < -0.4 is 5.32 Å². The summed E-state index contributed by atoms with van der Waals surface area (Å²) in [5.41, 5.74) is 1.42. The van der Waals surface area contributed by atoms with Gasteiger partial charge in [0.25, 0.3) is 0 Å². The van der Waals surface area contributed by atoms with Crippen LogP contribution in [0.1, 0.15) is 23.2 Å². The fourth-order valence-corrected chi connectivity index (χ4v) is 2.90. The van der Waals surface area contributed by atoms with Crippen LogP contribution in [0.3, 0.4) is 0 Å². The number of pyridine rings is 1. The maximum atomic E-state index is 11.3. The van der Waals surface area contributed by atoms with E-state index in [0.717, 1.165) is 23.7 Å². The molecule has 0 atom stereocenters. The van der Waals surface area contributed by atoms with Crippen molar-refractivity contribution in [2.75, 3.05) is 32.2 Å². The average molecular weight is 316 g/mol. The van der Waals surface area contributed by atoms with Crippen LogP contribution in [-0.4, -0.2) is 48.5 Å². The van der Waals surface area contributed by atoms with Crippen LogP contribution in [0.15, 0.2) is 30.5 Å². The smallest absolute Gasteiger partial charge is 0.335 e. The number of fused-ring (bicyclic) bond motifs is 1. The summed E-state index contributed by atoms with van der Waals surface area (Å²) in [6.07, 6.45) is 3.31. The van der Waals surface area contributed by atoms with Crippen molar-refractivity contribution < 1.29 is 19.4 Å². The van der Waals surface area contributed by atoms with Gasteiger partial charge in [0.15, 0.2) is 0 Å². The number of aromatic nitrogens is 1. The van der Waals surface area contributed by atoms with Crippen LogP contribution in [-0.2, 0) is 9.47 Å². The molecule has 2 heterocycles. The molecule has 1 fully saturated rings. The average Bonchev–Trinajstić information content (AvgIpc) is 2.60. The minimum atomic E-state index is -0.952. The van der Waals surface area contributed by atoms with E-state index in [-0.39, 0.29) is 11.2 Å². The third kappa shape index (κ3) is 3.28. The second-order valence-electron chi connectivity index (χ2n) is 5.76. The van der Waals surface area contributed by atoms with Crippen molar-refractivity contribution in [1.29, 1.82) is 0 Å². The lowest BCUT2D eigenvalue weighted by molar-refractivity contribution is -0.0807. The zero-order chi connectivity index (χ0) is 16.3. The summed E-state index contributed by atoms with van der Waals surface area (Å²) in [5, 5.41) is 13.4. The predicted octanol–water partition coefficient (Wildman–Crippen LogP) is 2.54. The normalized spacial score (nSPS) is 17.1. The number of aromatic carboxylic acids is 1. The minimum Gasteiger partial charge on any atom is -0.478 e. The molecule has 0 spiro atoms. The van der Waals surface area contributed by atoms with Gasteiger partial charge >= 0.3 is 5.97 Å². The Bertz CT molecular complexity index is 711. The van der Waals surface area contributed by atoms with E-state index in [4.69, 9.17) is 9.47 Å². The number of rotatable bonds is 5. The van der Waals surface area contributed by atoms with Gasteiger partial charge in [-0.05, 0) is 18.2 Å². The summed E-state index contributed by atoms with van der Waals surface area (Å²) < 4.78 is 11.1. The number of hydrogen-bond acceptors (Lipinski definition) is 5. The lowest BCUT2D eigenvalue weighted by atomic mass is 9.93. The molecular weight excluding hydrogens is 296 g/mol. The standard InChI is InChI=1S/C17H20N2O4/c1-22-17(4-7-23-8-5-17)11-19-14-10-13(16(20)21)9-12-3-2-6-18-15(12)14/h2-3,6,9-10,19H,4-5,7-8,11H2,1H3,(H,20,21). The van der Waals surface area contributed by atoms with Crippen LogP contribution >= 0.6 is 0 Å². The number of nitrogens with zero attached hydrogens (tertiary/aromatic N) is 1. The summed E-state index contributed by atoms with van der Waals surface area (Å²) in [6, 6.07) is 6.92. The molecule has 2 N–H and O–H groups in total. The lowest BCUT2D eigenvalue weighted by Crippen LogP contribution is -2.44. The van der Waals surface area contributed by atoms with Crippen LogP contribution in [0.25, 0.3) is 10.9 Å². The number of anilines is 1. The Morgan fingerprint density at radius 3 is 2.91 bits per heavy atom. The first-order valence-corrected chi connectivity index (χ1v) is 7.62. The Hall–Kier alpha value is -2.18. The van der Waals surface area contributed by atoms with Crippen molar-refractivity contribution in [3.8, 4) is 0 Å². The van der Waals surface area contributed by atoms with E-state index in [0.29, 0.717) is 25.4 Å². The highest BCUT2D eigenvalue weighted by Crippen LogP contribution is 2.28. The Balaban J connectivity index is 1.90. The first kappa shape index (κ1) is 15.7. The number of hydrogen-bond donors (Lipinski definition) is 2. The molecule has 0 aliphatic carbocycles. The highest BCUT2D eigenvalue weighted by atomic mass is 16.5. The monoisotopic (exact) mass is 316 g/mol. The fraction of sp³-hybridized carbons (Fsp3) is 0.412. The molecule has 1 aliphatic rings. The SMILES string of the molecule is COC1(CNc2cc(C(=O)O)cc3cccnc23)CCOCC1. The molecule has 1 saturated heterocycles. The van der Waals surface area contributed by atoms with E-state index in [2.05, 4.69) is 10.3 Å². The first-order chi connectivity index (χ1) is 11.1. The molecule has 0 bridgehead atoms. The Morgan fingerprint density at radius 1 is 1.43 bits per heavy atom. The molecule has 1 aromatic carbocycles. The molecule has 0 unspecified atom stereocenters. The van der Waals surface area contributed by atoms with Gasteiger partial charge in [0.2, 0.25) is 0 Å². The largest absolute Gasteiger partial charge is 0.478 e. The van der Waals surface area contributed by atoms with Gasteiger partial charge in [0, 0.05) is 51.3 Å². The van der Waals surface area contributed by atoms with E-state index < -0.39 is 5.97 Å². The summed E-state index contributed by atoms with van der Waals surface area (Å²) >= 11 is 0. The van der Waals surface area contributed by atoms with Crippen molar-refractivity contribution >= 4 is 22.6 Å². The number of nitrogens with one attached hydrogen (secondary N) is 1. The third-order valence-electron chi connectivity index (χ3n) is 4.39.